The SMILES string of the molecule is O=C(Nc1ccc(Cc2ccncc2)cc1)c1cccc(NC(=O)C2CCCO2)c1. The number of aromatic nitrogens is 1. The highest BCUT2D eigenvalue weighted by atomic mass is 16.5. The molecular formula is C24H23N3O3. The first kappa shape index (κ1) is 19.8. The zero-order chi connectivity index (χ0) is 20.8. The first-order valence-corrected chi connectivity index (χ1v) is 9.99. The summed E-state index contributed by atoms with van der Waals surface area (Å²) in [4.78, 5) is 28.9. The van der Waals surface area contributed by atoms with E-state index in [1.54, 1.807) is 36.7 Å². The van der Waals surface area contributed by atoms with Crippen molar-refractivity contribution >= 4 is 23.2 Å². The molecule has 0 aliphatic carbocycles. The number of amides is 2. The maximum Gasteiger partial charge on any atom is 0.255 e. The highest BCUT2D eigenvalue weighted by Crippen LogP contribution is 2.18. The van der Waals surface area contributed by atoms with E-state index in [2.05, 4.69) is 15.6 Å². The van der Waals surface area contributed by atoms with Gasteiger partial charge in [-0.15, -0.1) is 0 Å². The maximum atomic E-state index is 12.6. The summed E-state index contributed by atoms with van der Waals surface area (Å²) in [6, 6.07) is 18.6. The molecule has 1 aliphatic rings. The number of benzene rings is 2. The highest BCUT2D eigenvalue weighted by Gasteiger charge is 2.23. The normalized spacial score (nSPS) is 15.5. The lowest BCUT2D eigenvalue weighted by Gasteiger charge is -2.12. The largest absolute Gasteiger partial charge is 0.368 e. The molecule has 152 valence electrons. The molecule has 30 heavy (non-hydrogen) atoms. The standard InChI is InChI=1S/C24H23N3O3/c28-23(19-3-1-4-21(16-19)27-24(29)22-5-2-14-30-22)26-20-8-6-17(7-9-20)15-18-10-12-25-13-11-18/h1,3-4,6-13,16,22H,2,5,14-15H2,(H,26,28)(H,27,29). The zero-order valence-corrected chi connectivity index (χ0v) is 16.5. The van der Waals surface area contributed by atoms with Crippen molar-refractivity contribution in [2.45, 2.75) is 25.4 Å². The van der Waals surface area contributed by atoms with Gasteiger partial charge in [0, 0.05) is 35.9 Å². The molecule has 0 bridgehead atoms. The smallest absolute Gasteiger partial charge is 0.255 e. The van der Waals surface area contributed by atoms with Crippen molar-refractivity contribution in [2.24, 2.45) is 0 Å². The minimum absolute atomic E-state index is 0.171. The Kier molecular flexibility index (Phi) is 6.15. The van der Waals surface area contributed by atoms with Gasteiger partial charge >= 0.3 is 0 Å². The van der Waals surface area contributed by atoms with E-state index in [4.69, 9.17) is 4.74 Å². The third-order valence-electron chi connectivity index (χ3n) is 4.98. The average molecular weight is 401 g/mol. The molecule has 1 fully saturated rings. The number of carbonyl (C=O) groups is 2. The van der Waals surface area contributed by atoms with E-state index in [1.165, 1.54) is 5.56 Å². The van der Waals surface area contributed by atoms with Crippen molar-refractivity contribution in [1.29, 1.82) is 0 Å². The van der Waals surface area contributed by atoms with Crippen LogP contribution in [0.4, 0.5) is 11.4 Å². The van der Waals surface area contributed by atoms with Gasteiger partial charge in [-0.3, -0.25) is 14.6 Å². The van der Waals surface area contributed by atoms with Crippen LogP contribution in [0, 0.1) is 0 Å². The number of anilines is 2. The van der Waals surface area contributed by atoms with Crippen molar-refractivity contribution in [3.63, 3.8) is 0 Å². The number of rotatable bonds is 6. The predicted octanol–water partition coefficient (Wildman–Crippen LogP) is 4.04. The molecule has 1 unspecified atom stereocenters. The number of hydrogen-bond donors (Lipinski definition) is 2. The molecular weight excluding hydrogens is 378 g/mol. The minimum Gasteiger partial charge on any atom is -0.368 e. The second-order valence-electron chi connectivity index (χ2n) is 7.26. The predicted molar refractivity (Wildman–Crippen MR) is 115 cm³/mol. The summed E-state index contributed by atoms with van der Waals surface area (Å²) in [5, 5.41) is 5.72. The van der Waals surface area contributed by atoms with Crippen LogP contribution in [0.25, 0.3) is 0 Å². The number of carbonyl (C=O) groups excluding carboxylic acids is 2. The molecule has 0 saturated carbocycles. The van der Waals surface area contributed by atoms with Crippen LogP contribution >= 0.6 is 0 Å². The topological polar surface area (TPSA) is 80.3 Å². The first-order chi connectivity index (χ1) is 14.7. The highest BCUT2D eigenvalue weighted by molar-refractivity contribution is 6.05. The van der Waals surface area contributed by atoms with Crippen molar-refractivity contribution in [3.05, 3.63) is 89.7 Å². The van der Waals surface area contributed by atoms with Gasteiger partial charge in [-0.1, -0.05) is 18.2 Å². The van der Waals surface area contributed by atoms with E-state index in [0.29, 0.717) is 23.5 Å². The van der Waals surface area contributed by atoms with E-state index in [9.17, 15) is 9.59 Å². The van der Waals surface area contributed by atoms with Gasteiger partial charge in [0.1, 0.15) is 6.10 Å². The van der Waals surface area contributed by atoms with Gasteiger partial charge < -0.3 is 15.4 Å². The second kappa shape index (κ2) is 9.33. The van der Waals surface area contributed by atoms with Crippen LogP contribution < -0.4 is 10.6 Å². The molecule has 2 aromatic carbocycles. The fourth-order valence-electron chi connectivity index (χ4n) is 3.39. The number of nitrogens with one attached hydrogen (secondary N) is 2. The molecule has 1 saturated heterocycles. The van der Waals surface area contributed by atoms with Crippen LogP contribution in [-0.2, 0) is 16.0 Å². The van der Waals surface area contributed by atoms with Crippen LogP contribution in [0.3, 0.4) is 0 Å². The Morgan fingerprint density at radius 1 is 0.933 bits per heavy atom. The van der Waals surface area contributed by atoms with Crippen molar-refractivity contribution < 1.29 is 14.3 Å². The Morgan fingerprint density at radius 3 is 2.43 bits per heavy atom. The van der Waals surface area contributed by atoms with Gasteiger partial charge in [-0.05, 0) is 72.9 Å². The molecule has 1 aliphatic heterocycles. The van der Waals surface area contributed by atoms with Gasteiger partial charge in [-0.2, -0.15) is 0 Å². The minimum atomic E-state index is -0.409. The zero-order valence-electron chi connectivity index (χ0n) is 16.5. The molecule has 3 aromatic rings. The molecule has 6 nitrogen and oxygen atoms in total. The average Bonchev–Trinajstić information content (AvgIpc) is 3.31. The lowest BCUT2D eigenvalue weighted by molar-refractivity contribution is -0.124. The van der Waals surface area contributed by atoms with Crippen LogP contribution in [-0.4, -0.2) is 29.5 Å². The van der Waals surface area contributed by atoms with E-state index in [0.717, 1.165) is 24.8 Å². The Bertz CT molecular complexity index is 1010. The molecule has 0 spiro atoms. The quantitative estimate of drug-likeness (QED) is 0.653. The fourth-order valence-corrected chi connectivity index (χ4v) is 3.39. The Labute approximate surface area is 175 Å². The summed E-state index contributed by atoms with van der Waals surface area (Å²) in [6.45, 7) is 0.613. The van der Waals surface area contributed by atoms with Crippen molar-refractivity contribution in [3.8, 4) is 0 Å². The van der Waals surface area contributed by atoms with Crippen LogP contribution in [0.1, 0.15) is 34.3 Å². The lowest BCUT2D eigenvalue weighted by atomic mass is 10.1. The third-order valence-corrected chi connectivity index (χ3v) is 4.98. The third kappa shape index (κ3) is 5.10. The Morgan fingerprint density at radius 2 is 1.70 bits per heavy atom. The van der Waals surface area contributed by atoms with Crippen LogP contribution in [0.2, 0.25) is 0 Å². The van der Waals surface area contributed by atoms with Crippen molar-refractivity contribution in [1.82, 2.24) is 4.98 Å². The second-order valence-corrected chi connectivity index (χ2v) is 7.26. The summed E-state index contributed by atoms with van der Waals surface area (Å²) in [6.07, 6.45) is 5.57. The number of pyridine rings is 1. The van der Waals surface area contributed by atoms with E-state index >= 15 is 0 Å². The summed E-state index contributed by atoms with van der Waals surface area (Å²) in [5.41, 5.74) is 4.10. The summed E-state index contributed by atoms with van der Waals surface area (Å²) in [7, 11) is 0. The van der Waals surface area contributed by atoms with Gasteiger partial charge in [-0.25, -0.2) is 0 Å². The monoisotopic (exact) mass is 401 g/mol. The van der Waals surface area contributed by atoms with Gasteiger partial charge in [0.25, 0.3) is 11.8 Å². The Hall–Kier alpha value is -3.51. The number of ether oxygens (including phenoxy) is 1. The molecule has 0 radical (unpaired) electrons. The van der Waals surface area contributed by atoms with Crippen molar-refractivity contribution in [2.75, 3.05) is 17.2 Å². The molecule has 4 rings (SSSR count). The van der Waals surface area contributed by atoms with Crippen LogP contribution in [0.15, 0.2) is 73.1 Å². The van der Waals surface area contributed by atoms with Crippen LogP contribution in [0.5, 0.6) is 0 Å². The van der Waals surface area contributed by atoms with Gasteiger partial charge in [0.05, 0.1) is 0 Å². The number of hydrogen-bond acceptors (Lipinski definition) is 4. The molecule has 2 amide bonds. The Balaban J connectivity index is 1.37. The molecule has 1 atom stereocenters. The fraction of sp³-hybridized carbons (Fsp3) is 0.208. The summed E-state index contributed by atoms with van der Waals surface area (Å²) >= 11 is 0. The van der Waals surface area contributed by atoms with E-state index < -0.39 is 6.10 Å². The lowest BCUT2D eigenvalue weighted by Crippen LogP contribution is -2.27. The number of nitrogens with zero attached hydrogens (tertiary/aromatic N) is 1. The molecule has 1 aromatic heterocycles. The van der Waals surface area contributed by atoms with E-state index in [-0.39, 0.29) is 11.8 Å². The summed E-state index contributed by atoms with van der Waals surface area (Å²) < 4.78 is 5.40. The molecule has 2 N–H and O–H groups in total. The first-order valence-electron chi connectivity index (χ1n) is 9.99. The maximum absolute atomic E-state index is 12.6. The molecule has 2 heterocycles. The van der Waals surface area contributed by atoms with Gasteiger partial charge in [0.15, 0.2) is 0 Å². The van der Waals surface area contributed by atoms with E-state index in [1.807, 2.05) is 36.4 Å². The molecule has 6 heteroatoms. The van der Waals surface area contributed by atoms with Gasteiger partial charge in [0.2, 0.25) is 0 Å². The summed E-state index contributed by atoms with van der Waals surface area (Å²) in [5.74, 6) is -0.403.